The molecule has 0 radical (unpaired) electrons. The number of aliphatic hydroxyl groups is 1. The van der Waals surface area contributed by atoms with Crippen LogP contribution < -0.4 is 0 Å². The third-order valence-electron chi connectivity index (χ3n) is 13.1. The second kappa shape index (κ2) is 10.2. The van der Waals surface area contributed by atoms with Crippen molar-refractivity contribution in [2.24, 2.45) is 34.5 Å². The number of ether oxygens (including phenoxy) is 2. The summed E-state index contributed by atoms with van der Waals surface area (Å²) in [6.07, 6.45) is 12.7. The molecule has 0 aromatic rings. The first-order valence-electron chi connectivity index (χ1n) is 15.9. The van der Waals surface area contributed by atoms with Gasteiger partial charge in [-0.15, -0.1) is 0 Å². The zero-order valence-electron chi connectivity index (χ0n) is 24.3. The molecule has 0 spiro atoms. The second-order valence-electron chi connectivity index (χ2n) is 14.6. The quantitative estimate of drug-likeness (QED) is 0.325. The van der Waals surface area contributed by atoms with Crippen LogP contribution in [0.25, 0.3) is 0 Å². The highest BCUT2D eigenvalue weighted by molar-refractivity contribution is 5.66. The molecule has 1 N–H and O–H groups in total. The summed E-state index contributed by atoms with van der Waals surface area (Å²) in [5, 5.41) is 11.3. The lowest BCUT2D eigenvalue weighted by molar-refractivity contribution is -0.937. The molecule has 38 heavy (non-hydrogen) atoms. The number of hydrogen-bond acceptors (Lipinski definition) is 5. The highest BCUT2D eigenvalue weighted by Gasteiger charge is 2.67. The van der Waals surface area contributed by atoms with E-state index in [1.165, 1.54) is 51.6 Å². The molecule has 4 saturated carbocycles. The Hall–Kier alpha value is -0.950. The maximum absolute atomic E-state index is 12.5. The van der Waals surface area contributed by atoms with Crippen LogP contribution in [-0.2, 0) is 14.3 Å². The molecule has 0 aromatic heterocycles. The van der Waals surface area contributed by atoms with Gasteiger partial charge in [0.25, 0.3) is 0 Å². The highest BCUT2D eigenvalue weighted by atomic mass is 16.5. The molecule has 6 rings (SSSR count). The SMILES string of the molecule is C=CC[N+]1(C2C[C@H]3[C@@H]4CC[C@H]5CC(O)C(N6CCOCC6)C[C@]5(C)[C@@H]4CC[C@]3(C)C2OC(C)=O)CCCC1. The third kappa shape index (κ3) is 4.23. The first-order valence-corrected chi connectivity index (χ1v) is 15.9. The molecular formula is C32H53N2O4+. The van der Waals surface area contributed by atoms with Gasteiger partial charge < -0.3 is 19.1 Å². The number of morpholine rings is 1. The van der Waals surface area contributed by atoms with Crippen LogP contribution in [0.1, 0.15) is 78.6 Å². The van der Waals surface area contributed by atoms with Gasteiger partial charge >= 0.3 is 5.97 Å². The van der Waals surface area contributed by atoms with E-state index in [1.54, 1.807) is 6.92 Å². The van der Waals surface area contributed by atoms with Crippen molar-refractivity contribution in [3.8, 4) is 0 Å². The monoisotopic (exact) mass is 529 g/mol. The largest absolute Gasteiger partial charge is 0.456 e. The molecule has 4 aliphatic carbocycles. The van der Waals surface area contributed by atoms with E-state index in [2.05, 4.69) is 31.4 Å². The van der Waals surface area contributed by atoms with Gasteiger partial charge in [0.1, 0.15) is 6.04 Å². The lowest BCUT2D eigenvalue weighted by Gasteiger charge is -2.62. The van der Waals surface area contributed by atoms with Gasteiger partial charge in [0.2, 0.25) is 0 Å². The Morgan fingerprint density at radius 1 is 1.11 bits per heavy atom. The lowest BCUT2D eigenvalue weighted by atomic mass is 9.44. The van der Waals surface area contributed by atoms with Crippen LogP contribution in [0.15, 0.2) is 12.7 Å². The van der Waals surface area contributed by atoms with E-state index in [9.17, 15) is 9.90 Å². The molecule has 2 saturated heterocycles. The van der Waals surface area contributed by atoms with Crippen molar-refractivity contribution in [1.29, 1.82) is 0 Å². The average Bonchev–Trinajstić information content (AvgIpc) is 3.48. The van der Waals surface area contributed by atoms with E-state index in [-0.39, 0.29) is 35.0 Å². The van der Waals surface area contributed by atoms with Crippen molar-refractivity contribution in [3.05, 3.63) is 12.7 Å². The maximum atomic E-state index is 12.5. The summed E-state index contributed by atoms with van der Waals surface area (Å²) in [6, 6.07) is 0.663. The van der Waals surface area contributed by atoms with Crippen molar-refractivity contribution in [3.63, 3.8) is 0 Å². The molecule has 2 heterocycles. The fourth-order valence-electron chi connectivity index (χ4n) is 11.3. The van der Waals surface area contributed by atoms with Crippen LogP contribution in [0.4, 0.5) is 0 Å². The molecule has 214 valence electrons. The van der Waals surface area contributed by atoms with E-state index < -0.39 is 0 Å². The van der Waals surface area contributed by atoms with Crippen LogP contribution in [0.2, 0.25) is 0 Å². The van der Waals surface area contributed by atoms with Crippen molar-refractivity contribution < 1.29 is 23.9 Å². The van der Waals surface area contributed by atoms with Crippen molar-refractivity contribution in [1.82, 2.24) is 4.90 Å². The van der Waals surface area contributed by atoms with E-state index >= 15 is 0 Å². The second-order valence-corrected chi connectivity index (χ2v) is 14.6. The number of fused-ring (bicyclic) bond motifs is 5. The Labute approximate surface area is 230 Å². The zero-order valence-corrected chi connectivity index (χ0v) is 24.3. The van der Waals surface area contributed by atoms with Gasteiger partial charge in [0.15, 0.2) is 6.10 Å². The molecule has 6 fully saturated rings. The van der Waals surface area contributed by atoms with Gasteiger partial charge in [-0.2, -0.15) is 0 Å². The summed E-state index contributed by atoms with van der Waals surface area (Å²) in [7, 11) is 0. The molecule has 6 heteroatoms. The van der Waals surface area contributed by atoms with E-state index in [1.807, 2.05) is 0 Å². The minimum Gasteiger partial charge on any atom is -0.456 e. The summed E-state index contributed by atoms with van der Waals surface area (Å²) >= 11 is 0. The number of carbonyl (C=O) groups excluding carboxylic acids is 1. The first kappa shape index (κ1) is 27.2. The van der Waals surface area contributed by atoms with E-state index in [4.69, 9.17) is 9.47 Å². The van der Waals surface area contributed by atoms with E-state index in [0.717, 1.165) is 56.6 Å². The van der Waals surface area contributed by atoms with Crippen LogP contribution >= 0.6 is 0 Å². The van der Waals surface area contributed by atoms with Gasteiger partial charge in [-0.25, -0.2) is 0 Å². The summed E-state index contributed by atoms with van der Waals surface area (Å²) in [4.78, 5) is 15.0. The first-order chi connectivity index (χ1) is 18.2. The Kier molecular flexibility index (Phi) is 7.27. The molecule has 4 unspecified atom stereocenters. The van der Waals surface area contributed by atoms with Crippen molar-refractivity contribution in [2.45, 2.75) is 103 Å². The predicted molar refractivity (Wildman–Crippen MR) is 148 cm³/mol. The van der Waals surface area contributed by atoms with Crippen LogP contribution in [-0.4, -0.2) is 90.7 Å². The molecule has 0 bridgehead atoms. The average molecular weight is 530 g/mol. The Morgan fingerprint density at radius 2 is 1.84 bits per heavy atom. The Morgan fingerprint density at radius 3 is 2.53 bits per heavy atom. The molecule has 6 nitrogen and oxygen atoms in total. The number of hydrogen-bond donors (Lipinski definition) is 1. The Balaban J connectivity index is 1.30. The minimum absolute atomic E-state index is 0.0174. The fourth-order valence-corrected chi connectivity index (χ4v) is 11.3. The number of esters is 1. The zero-order chi connectivity index (χ0) is 26.7. The maximum Gasteiger partial charge on any atom is 0.303 e. The number of carbonyl (C=O) groups is 1. The van der Waals surface area contributed by atoms with Gasteiger partial charge in [-0.05, 0) is 73.7 Å². The number of nitrogens with zero attached hydrogens (tertiary/aromatic N) is 2. The summed E-state index contributed by atoms with van der Waals surface area (Å²) in [5.74, 6) is 2.54. The molecule has 10 atom stereocenters. The van der Waals surface area contributed by atoms with Crippen molar-refractivity contribution >= 4 is 5.97 Å². The third-order valence-corrected chi connectivity index (χ3v) is 13.1. The summed E-state index contributed by atoms with van der Waals surface area (Å²) < 4.78 is 13.1. The molecule has 6 aliphatic rings. The van der Waals surface area contributed by atoms with Gasteiger partial charge in [-0.1, -0.05) is 20.4 Å². The number of quaternary nitrogens is 1. The number of aliphatic hydroxyl groups excluding tert-OH is 1. The number of rotatable bonds is 5. The van der Waals surface area contributed by atoms with Crippen molar-refractivity contribution in [2.75, 3.05) is 45.9 Å². The van der Waals surface area contributed by atoms with Gasteiger partial charge in [0, 0.05) is 50.7 Å². The lowest BCUT2D eigenvalue weighted by Crippen LogP contribution is -2.61. The van der Waals surface area contributed by atoms with Gasteiger partial charge in [-0.3, -0.25) is 9.69 Å². The number of likely N-dealkylation sites (tertiary alicyclic amines) is 1. The minimum atomic E-state index is -0.209. The molecular weight excluding hydrogens is 476 g/mol. The van der Waals surface area contributed by atoms with Crippen LogP contribution in [0, 0.1) is 34.5 Å². The van der Waals surface area contributed by atoms with E-state index in [0.29, 0.717) is 29.7 Å². The highest BCUT2D eigenvalue weighted by Crippen LogP contribution is 2.67. The topological polar surface area (TPSA) is 59.0 Å². The summed E-state index contributed by atoms with van der Waals surface area (Å²) in [5.41, 5.74) is 0.343. The van der Waals surface area contributed by atoms with Gasteiger partial charge in [0.05, 0.1) is 39.0 Å². The normalized spacial score (nSPS) is 48.5. The smallest absolute Gasteiger partial charge is 0.303 e. The fraction of sp³-hybridized carbons (Fsp3) is 0.906. The van der Waals surface area contributed by atoms with Crippen LogP contribution in [0.3, 0.4) is 0 Å². The standard InChI is InChI=1S/C32H53N2O4/c1-5-14-34(15-6-7-16-34)28-20-26-24-9-8-23-19-29(36)27(33-12-17-37-18-13-33)21-32(23,4)25(24)10-11-31(26,3)30(28)38-22(2)35/h5,23-30,36H,1,6-21H2,2-4H3/q+1/t23-,24+,25+,26-,27?,28?,29?,30?,31-,32-/m0/s1. The predicted octanol–water partition coefficient (Wildman–Crippen LogP) is 4.41. The Bertz CT molecular complexity index is 898. The molecule has 0 amide bonds. The molecule has 0 aromatic carbocycles. The summed E-state index contributed by atoms with van der Waals surface area (Å²) in [6.45, 7) is 17.7. The molecule has 2 aliphatic heterocycles. The van der Waals surface area contributed by atoms with Crippen LogP contribution in [0.5, 0.6) is 0 Å².